The Labute approximate surface area is 243 Å². The van der Waals surface area contributed by atoms with E-state index in [4.69, 9.17) is 24.8 Å². The number of carbonyl (C=O) groups excluding carboxylic acids is 1. The fraction of sp³-hybridized carbons (Fsp3) is 0.481. The van der Waals surface area contributed by atoms with Gasteiger partial charge in [-0.3, -0.25) is 9.69 Å². The van der Waals surface area contributed by atoms with E-state index in [0.717, 1.165) is 55.8 Å². The molecule has 1 aliphatic heterocycles. The lowest BCUT2D eigenvalue weighted by Crippen LogP contribution is -2.25. The number of nitrogens with zero attached hydrogens (tertiary/aromatic N) is 3. The summed E-state index contributed by atoms with van der Waals surface area (Å²) in [6.45, 7) is 7.61. The van der Waals surface area contributed by atoms with E-state index in [1.807, 2.05) is 18.2 Å². The molecule has 0 bridgehead atoms. The van der Waals surface area contributed by atoms with Gasteiger partial charge in [-0.05, 0) is 41.7 Å². The van der Waals surface area contributed by atoms with Crippen molar-refractivity contribution in [1.82, 2.24) is 14.8 Å². The van der Waals surface area contributed by atoms with Gasteiger partial charge in [0.1, 0.15) is 11.6 Å². The summed E-state index contributed by atoms with van der Waals surface area (Å²) in [7, 11) is 3.54. The Morgan fingerprint density at radius 1 is 0.953 bits per heavy atom. The van der Waals surface area contributed by atoms with Gasteiger partial charge >= 0.3 is 24.3 Å². The third-order valence-electron chi connectivity index (χ3n) is 5.67. The van der Waals surface area contributed by atoms with E-state index in [2.05, 4.69) is 24.1 Å². The molecule has 2 aromatic rings. The van der Waals surface area contributed by atoms with Crippen molar-refractivity contribution in [3.05, 3.63) is 58.5 Å². The second-order valence-corrected chi connectivity index (χ2v) is 9.97. The van der Waals surface area contributed by atoms with Crippen LogP contribution in [-0.2, 0) is 29.0 Å². The number of nitrogens with one attached hydrogen (secondary N) is 1. The number of benzene rings is 1. The van der Waals surface area contributed by atoms with Crippen LogP contribution in [-0.4, -0.2) is 88.9 Å². The lowest BCUT2D eigenvalue weighted by Gasteiger charge is -2.19. The van der Waals surface area contributed by atoms with Gasteiger partial charge < -0.3 is 20.4 Å². The summed E-state index contributed by atoms with van der Waals surface area (Å²) in [5.41, 5.74) is 3.95. The van der Waals surface area contributed by atoms with Crippen LogP contribution < -0.4 is 5.32 Å². The number of hydrogen-bond acceptors (Lipinski definition) is 6. The first-order valence-electron chi connectivity index (χ1n) is 12.8. The monoisotopic (exact) mass is 626 g/mol. The summed E-state index contributed by atoms with van der Waals surface area (Å²) < 4.78 is 76.6. The predicted molar refractivity (Wildman–Crippen MR) is 142 cm³/mol. The summed E-state index contributed by atoms with van der Waals surface area (Å²) in [6.07, 6.45) is -8.48. The number of anilines is 1. The standard InChI is InChI=1S/C23H31FN4O.2C2HF3O2/c1-16(2)14-25-22-20(23(29)27(3)4)13-18-9-11-28(12-10-21(18)26-22)15-17-5-7-19(24)8-6-17;2*3-2(4,5)1(6)7/h5-8,13,16H,9-12,14-15H2,1-4H3,(H,25,26);2*(H,6,7). The molecule has 43 heavy (non-hydrogen) atoms. The third-order valence-corrected chi connectivity index (χ3v) is 5.67. The molecule has 0 aliphatic carbocycles. The van der Waals surface area contributed by atoms with Gasteiger partial charge in [-0.15, -0.1) is 0 Å². The minimum atomic E-state index is -5.08. The van der Waals surface area contributed by atoms with Crippen LogP contribution in [0.1, 0.15) is 41.0 Å². The zero-order chi connectivity index (χ0) is 33.1. The van der Waals surface area contributed by atoms with Crippen LogP contribution in [0.25, 0.3) is 0 Å². The van der Waals surface area contributed by atoms with Crippen molar-refractivity contribution in [3.63, 3.8) is 0 Å². The van der Waals surface area contributed by atoms with Gasteiger partial charge in [0.05, 0.1) is 5.56 Å². The number of hydrogen-bond donors (Lipinski definition) is 3. The highest BCUT2D eigenvalue weighted by molar-refractivity contribution is 5.98. The van der Waals surface area contributed by atoms with Crippen molar-refractivity contribution in [2.75, 3.05) is 39.0 Å². The second kappa shape index (κ2) is 16.0. The topological polar surface area (TPSA) is 123 Å². The van der Waals surface area contributed by atoms with Crippen molar-refractivity contribution < 1.29 is 55.3 Å². The van der Waals surface area contributed by atoms with Crippen LogP contribution in [0.15, 0.2) is 30.3 Å². The van der Waals surface area contributed by atoms with Gasteiger partial charge in [0.25, 0.3) is 5.91 Å². The molecule has 9 nitrogen and oxygen atoms in total. The van der Waals surface area contributed by atoms with Crippen molar-refractivity contribution in [2.24, 2.45) is 5.92 Å². The maximum Gasteiger partial charge on any atom is 0.490 e. The smallest absolute Gasteiger partial charge is 0.475 e. The average molecular weight is 627 g/mol. The molecular weight excluding hydrogens is 593 g/mol. The molecule has 1 amide bonds. The van der Waals surface area contributed by atoms with Gasteiger partial charge in [0.15, 0.2) is 0 Å². The average Bonchev–Trinajstić information content (AvgIpc) is 3.09. The minimum absolute atomic E-state index is 0.0287. The third kappa shape index (κ3) is 13.3. The Morgan fingerprint density at radius 2 is 1.44 bits per heavy atom. The van der Waals surface area contributed by atoms with Crippen LogP contribution in [0.4, 0.5) is 36.6 Å². The first-order valence-corrected chi connectivity index (χ1v) is 12.8. The first-order chi connectivity index (χ1) is 19.7. The Kier molecular flexibility index (Phi) is 13.8. The number of fused-ring (bicyclic) bond motifs is 1. The predicted octanol–water partition coefficient (Wildman–Crippen LogP) is 4.86. The highest BCUT2D eigenvalue weighted by Gasteiger charge is 2.38. The largest absolute Gasteiger partial charge is 0.490 e. The molecular formula is C27H33F7N4O5. The van der Waals surface area contributed by atoms with Crippen molar-refractivity contribution in [2.45, 2.75) is 45.6 Å². The van der Waals surface area contributed by atoms with E-state index in [9.17, 15) is 35.5 Å². The van der Waals surface area contributed by atoms with Gasteiger partial charge in [-0.25, -0.2) is 19.0 Å². The summed E-state index contributed by atoms with van der Waals surface area (Å²) >= 11 is 0. The first kappa shape index (κ1) is 37.1. The summed E-state index contributed by atoms with van der Waals surface area (Å²) in [5.74, 6) is -4.60. The zero-order valence-electron chi connectivity index (χ0n) is 23.8. The number of amides is 1. The number of carboxylic acid groups (broad SMARTS) is 2. The fourth-order valence-corrected chi connectivity index (χ4v) is 3.53. The molecule has 1 aromatic carbocycles. The van der Waals surface area contributed by atoms with E-state index in [0.29, 0.717) is 17.3 Å². The number of halogens is 7. The zero-order valence-corrected chi connectivity index (χ0v) is 23.8. The molecule has 3 N–H and O–H groups in total. The summed E-state index contributed by atoms with van der Waals surface area (Å²) in [4.78, 5) is 39.3. The summed E-state index contributed by atoms with van der Waals surface area (Å²) in [5, 5.41) is 17.6. The van der Waals surface area contributed by atoms with Crippen molar-refractivity contribution in [3.8, 4) is 0 Å². The Bertz CT molecular complexity index is 1210. The SMILES string of the molecule is CC(C)CNc1nc2c(cc1C(=O)N(C)C)CCN(Cc1ccc(F)cc1)CC2.O=C(O)C(F)(F)F.O=C(O)C(F)(F)F. The van der Waals surface area contributed by atoms with Crippen LogP contribution in [0.5, 0.6) is 0 Å². The Hall–Kier alpha value is -3.95. The number of aliphatic carboxylic acids is 2. The van der Waals surface area contributed by atoms with Gasteiger partial charge in [0.2, 0.25) is 0 Å². The number of pyridine rings is 1. The number of carboxylic acids is 2. The highest BCUT2D eigenvalue weighted by atomic mass is 19.4. The lowest BCUT2D eigenvalue weighted by molar-refractivity contribution is -0.193. The molecule has 0 spiro atoms. The maximum atomic E-state index is 13.2. The normalized spacial score (nSPS) is 13.4. The van der Waals surface area contributed by atoms with Gasteiger partial charge in [-0.1, -0.05) is 26.0 Å². The molecule has 240 valence electrons. The molecule has 1 aliphatic rings. The molecule has 0 radical (unpaired) electrons. The number of alkyl halides is 6. The molecule has 0 fully saturated rings. The second-order valence-electron chi connectivity index (χ2n) is 9.97. The number of carbonyl (C=O) groups is 3. The number of rotatable bonds is 6. The summed E-state index contributed by atoms with van der Waals surface area (Å²) in [6, 6.07) is 8.72. The number of aromatic nitrogens is 1. The maximum absolute atomic E-state index is 13.2. The minimum Gasteiger partial charge on any atom is -0.475 e. The van der Waals surface area contributed by atoms with E-state index >= 15 is 0 Å². The quantitative estimate of drug-likeness (QED) is 0.389. The van der Waals surface area contributed by atoms with Crippen LogP contribution in [0.2, 0.25) is 0 Å². The highest BCUT2D eigenvalue weighted by Crippen LogP contribution is 2.24. The van der Waals surface area contributed by atoms with Crippen molar-refractivity contribution >= 4 is 23.7 Å². The Morgan fingerprint density at radius 3 is 1.88 bits per heavy atom. The van der Waals surface area contributed by atoms with E-state index in [-0.39, 0.29) is 11.7 Å². The van der Waals surface area contributed by atoms with E-state index in [1.54, 1.807) is 19.0 Å². The Balaban J connectivity index is 0.000000548. The fourth-order valence-electron chi connectivity index (χ4n) is 3.53. The molecule has 2 heterocycles. The molecule has 16 heteroatoms. The molecule has 1 aromatic heterocycles. The molecule has 0 saturated heterocycles. The van der Waals surface area contributed by atoms with Gasteiger partial charge in [-0.2, -0.15) is 26.3 Å². The van der Waals surface area contributed by atoms with Crippen LogP contribution in [0, 0.1) is 11.7 Å². The molecule has 0 saturated carbocycles. The molecule has 0 unspecified atom stereocenters. The lowest BCUT2D eigenvalue weighted by atomic mass is 10.0. The molecule has 0 atom stereocenters. The van der Waals surface area contributed by atoms with Gasteiger partial charge in [0, 0.05) is 52.4 Å². The van der Waals surface area contributed by atoms with E-state index < -0.39 is 24.3 Å². The van der Waals surface area contributed by atoms with Crippen molar-refractivity contribution in [1.29, 1.82) is 0 Å². The van der Waals surface area contributed by atoms with E-state index in [1.165, 1.54) is 12.1 Å². The van der Waals surface area contributed by atoms with Crippen LogP contribution >= 0.6 is 0 Å². The van der Waals surface area contributed by atoms with Crippen LogP contribution in [0.3, 0.4) is 0 Å². The molecule has 3 rings (SSSR count).